The molecular formula is C8H14N4. The highest BCUT2D eigenvalue weighted by atomic mass is 15.3. The third kappa shape index (κ3) is 1.03. The summed E-state index contributed by atoms with van der Waals surface area (Å²) >= 11 is 0. The first-order valence-electron chi connectivity index (χ1n) is 4.41. The maximum atomic E-state index is 5.50. The van der Waals surface area contributed by atoms with E-state index in [0.717, 1.165) is 11.6 Å². The Bertz CT molecular complexity index is 275. The van der Waals surface area contributed by atoms with Crippen LogP contribution >= 0.6 is 0 Å². The van der Waals surface area contributed by atoms with Crippen molar-refractivity contribution in [2.75, 3.05) is 0 Å². The van der Waals surface area contributed by atoms with E-state index in [4.69, 9.17) is 5.73 Å². The molecule has 0 saturated heterocycles. The van der Waals surface area contributed by atoms with Gasteiger partial charge in [-0.2, -0.15) is 0 Å². The minimum absolute atomic E-state index is 0.482. The van der Waals surface area contributed by atoms with Crippen molar-refractivity contribution >= 4 is 0 Å². The van der Waals surface area contributed by atoms with E-state index in [1.165, 1.54) is 19.3 Å². The monoisotopic (exact) mass is 166 g/mol. The van der Waals surface area contributed by atoms with Gasteiger partial charge >= 0.3 is 0 Å². The van der Waals surface area contributed by atoms with Crippen LogP contribution in [0.1, 0.15) is 36.8 Å². The predicted molar refractivity (Wildman–Crippen MR) is 45.5 cm³/mol. The molecule has 66 valence electrons. The number of hydrogen-bond acceptors (Lipinski definition) is 3. The van der Waals surface area contributed by atoms with Crippen LogP contribution in [0.2, 0.25) is 0 Å². The van der Waals surface area contributed by atoms with E-state index in [0.29, 0.717) is 12.5 Å². The fourth-order valence-corrected chi connectivity index (χ4v) is 1.58. The fraction of sp³-hybridized carbons (Fsp3) is 0.750. The van der Waals surface area contributed by atoms with Gasteiger partial charge in [-0.25, -0.2) is 0 Å². The van der Waals surface area contributed by atoms with Crippen LogP contribution in [-0.4, -0.2) is 14.8 Å². The standard InChI is InChI=1S/C8H14N4/c1-12-7(5-9)10-11-8(12)6-3-2-4-6/h6H,2-5,9H2,1H3. The van der Waals surface area contributed by atoms with Gasteiger partial charge in [-0.3, -0.25) is 0 Å². The van der Waals surface area contributed by atoms with Crippen molar-refractivity contribution < 1.29 is 0 Å². The summed E-state index contributed by atoms with van der Waals surface area (Å²) in [4.78, 5) is 0. The topological polar surface area (TPSA) is 56.7 Å². The van der Waals surface area contributed by atoms with Gasteiger partial charge in [0.15, 0.2) is 0 Å². The Balaban J connectivity index is 2.25. The zero-order valence-corrected chi connectivity index (χ0v) is 7.32. The minimum atomic E-state index is 0.482. The fourth-order valence-electron chi connectivity index (χ4n) is 1.58. The normalized spacial score (nSPS) is 17.8. The van der Waals surface area contributed by atoms with Crippen molar-refractivity contribution in [3.05, 3.63) is 11.6 Å². The lowest BCUT2D eigenvalue weighted by Crippen LogP contribution is -2.15. The molecule has 0 radical (unpaired) electrons. The Morgan fingerprint density at radius 3 is 2.67 bits per heavy atom. The van der Waals surface area contributed by atoms with E-state index in [9.17, 15) is 0 Å². The van der Waals surface area contributed by atoms with E-state index in [1.807, 2.05) is 11.6 Å². The zero-order valence-electron chi connectivity index (χ0n) is 7.32. The van der Waals surface area contributed by atoms with Crippen molar-refractivity contribution in [1.29, 1.82) is 0 Å². The molecule has 1 heterocycles. The van der Waals surface area contributed by atoms with Gasteiger partial charge < -0.3 is 10.3 Å². The molecule has 1 aliphatic carbocycles. The third-order valence-electron chi connectivity index (χ3n) is 2.65. The van der Waals surface area contributed by atoms with Gasteiger partial charge in [0.2, 0.25) is 0 Å². The van der Waals surface area contributed by atoms with E-state index in [2.05, 4.69) is 10.2 Å². The largest absolute Gasteiger partial charge is 0.324 e. The summed E-state index contributed by atoms with van der Waals surface area (Å²) in [6.45, 7) is 0.482. The number of nitrogens with zero attached hydrogens (tertiary/aromatic N) is 3. The van der Waals surface area contributed by atoms with Crippen molar-refractivity contribution in [3.63, 3.8) is 0 Å². The second-order valence-corrected chi connectivity index (χ2v) is 3.37. The van der Waals surface area contributed by atoms with Crippen LogP contribution in [0.5, 0.6) is 0 Å². The molecule has 1 saturated carbocycles. The summed E-state index contributed by atoms with van der Waals surface area (Å²) in [5, 5.41) is 8.17. The van der Waals surface area contributed by atoms with Crippen LogP contribution in [0.25, 0.3) is 0 Å². The van der Waals surface area contributed by atoms with Crippen LogP contribution in [0, 0.1) is 0 Å². The maximum Gasteiger partial charge on any atom is 0.146 e. The summed E-state index contributed by atoms with van der Waals surface area (Å²) in [6, 6.07) is 0. The Kier molecular flexibility index (Phi) is 1.84. The quantitative estimate of drug-likeness (QED) is 0.697. The number of nitrogens with two attached hydrogens (primary N) is 1. The first-order chi connectivity index (χ1) is 5.83. The van der Waals surface area contributed by atoms with E-state index >= 15 is 0 Å². The molecule has 0 bridgehead atoms. The summed E-state index contributed by atoms with van der Waals surface area (Å²) in [5.74, 6) is 2.64. The van der Waals surface area contributed by atoms with Crippen LogP contribution in [0.15, 0.2) is 0 Å². The maximum absolute atomic E-state index is 5.50. The molecule has 1 aromatic heterocycles. The summed E-state index contributed by atoms with van der Waals surface area (Å²) in [6.07, 6.45) is 3.85. The van der Waals surface area contributed by atoms with Gasteiger partial charge in [-0.15, -0.1) is 10.2 Å². The molecule has 4 heteroatoms. The molecule has 0 aromatic carbocycles. The van der Waals surface area contributed by atoms with Crippen molar-refractivity contribution in [1.82, 2.24) is 14.8 Å². The highest BCUT2D eigenvalue weighted by Gasteiger charge is 2.24. The van der Waals surface area contributed by atoms with Crippen molar-refractivity contribution in [2.24, 2.45) is 12.8 Å². The molecule has 0 aliphatic heterocycles. The highest BCUT2D eigenvalue weighted by Crippen LogP contribution is 2.34. The first kappa shape index (κ1) is 7.73. The van der Waals surface area contributed by atoms with Gasteiger partial charge in [-0.05, 0) is 12.8 Å². The molecule has 2 N–H and O–H groups in total. The molecule has 1 aromatic rings. The molecule has 0 atom stereocenters. The van der Waals surface area contributed by atoms with Crippen molar-refractivity contribution in [2.45, 2.75) is 31.7 Å². The molecular weight excluding hydrogens is 152 g/mol. The van der Waals surface area contributed by atoms with Crippen LogP contribution in [0.3, 0.4) is 0 Å². The molecule has 1 aliphatic rings. The van der Waals surface area contributed by atoms with Crippen molar-refractivity contribution in [3.8, 4) is 0 Å². The summed E-state index contributed by atoms with van der Waals surface area (Å²) in [7, 11) is 2.00. The van der Waals surface area contributed by atoms with Gasteiger partial charge in [0.05, 0.1) is 6.54 Å². The number of hydrogen-bond donors (Lipinski definition) is 1. The lowest BCUT2D eigenvalue weighted by atomic mass is 9.85. The Labute approximate surface area is 71.8 Å². The summed E-state index contributed by atoms with van der Waals surface area (Å²) in [5.41, 5.74) is 5.50. The SMILES string of the molecule is Cn1c(CN)nnc1C1CCC1. The molecule has 0 spiro atoms. The Morgan fingerprint density at radius 2 is 2.25 bits per heavy atom. The van der Waals surface area contributed by atoms with E-state index in [-0.39, 0.29) is 0 Å². The molecule has 1 fully saturated rings. The number of rotatable bonds is 2. The highest BCUT2D eigenvalue weighted by molar-refractivity contribution is 5.04. The Morgan fingerprint density at radius 1 is 1.50 bits per heavy atom. The molecule has 4 nitrogen and oxygen atoms in total. The average molecular weight is 166 g/mol. The second-order valence-electron chi connectivity index (χ2n) is 3.37. The van der Waals surface area contributed by atoms with Gasteiger partial charge in [0, 0.05) is 13.0 Å². The van der Waals surface area contributed by atoms with Gasteiger partial charge in [0.25, 0.3) is 0 Å². The second kappa shape index (κ2) is 2.86. The van der Waals surface area contributed by atoms with E-state index < -0.39 is 0 Å². The van der Waals surface area contributed by atoms with Gasteiger partial charge in [-0.1, -0.05) is 6.42 Å². The average Bonchev–Trinajstić information content (AvgIpc) is 2.30. The van der Waals surface area contributed by atoms with Crippen LogP contribution in [-0.2, 0) is 13.6 Å². The molecule has 2 rings (SSSR count). The molecule has 12 heavy (non-hydrogen) atoms. The predicted octanol–water partition coefficient (Wildman–Crippen LogP) is 0.541. The minimum Gasteiger partial charge on any atom is -0.324 e. The van der Waals surface area contributed by atoms with E-state index in [1.54, 1.807) is 0 Å². The molecule has 0 amide bonds. The molecule has 0 unspecified atom stereocenters. The first-order valence-corrected chi connectivity index (χ1v) is 4.41. The smallest absolute Gasteiger partial charge is 0.146 e. The van der Waals surface area contributed by atoms with Crippen LogP contribution < -0.4 is 5.73 Å². The number of aromatic nitrogens is 3. The Hall–Kier alpha value is -0.900. The zero-order chi connectivity index (χ0) is 8.55. The lowest BCUT2D eigenvalue weighted by Gasteiger charge is -2.23. The van der Waals surface area contributed by atoms with Gasteiger partial charge in [0.1, 0.15) is 11.6 Å². The van der Waals surface area contributed by atoms with Crippen LogP contribution in [0.4, 0.5) is 0 Å². The summed E-state index contributed by atoms with van der Waals surface area (Å²) < 4.78 is 2.03. The third-order valence-corrected chi connectivity index (χ3v) is 2.65. The lowest BCUT2D eigenvalue weighted by molar-refractivity contribution is 0.391.